The van der Waals surface area contributed by atoms with Crippen LogP contribution in [0.2, 0.25) is 0 Å². The van der Waals surface area contributed by atoms with E-state index in [1.807, 2.05) is 4.90 Å². The van der Waals surface area contributed by atoms with Gasteiger partial charge in [0.2, 0.25) is 5.91 Å². The highest BCUT2D eigenvalue weighted by atomic mass is 35.5. The Balaban J connectivity index is 1.77. The summed E-state index contributed by atoms with van der Waals surface area (Å²) in [5.41, 5.74) is 0. The Kier molecular flexibility index (Phi) is 4.51. The standard InChI is InChI=1S/C13H22ClNO/c14-12-7-4-8-15(10-12)13(16)9-11-5-2-1-3-6-11/h11-12H,1-10H2. The molecule has 2 aliphatic rings. The minimum Gasteiger partial charge on any atom is -0.341 e. The molecule has 1 aliphatic heterocycles. The van der Waals surface area contributed by atoms with Crippen molar-refractivity contribution >= 4 is 17.5 Å². The van der Waals surface area contributed by atoms with Crippen LogP contribution in [-0.4, -0.2) is 29.3 Å². The number of nitrogens with zero attached hydrogens (tertiary/aromatic N) is 1. The number of hydrogen-bond acceptors (Lipinski definition) is 1. The SMILES string of the molecule is O=C(CC1CCCCC1)N1CCCC(Cl)C1. The zero-order valence-corrected chi connectivity index (χ0v) is 10.7. The smallest absolute Gasteiger partial charge is 0.222 e. The van der Waals surface area contributed by atoms with Gasteiger partial charge in [0.05, 0.1) is 5.38 Å². The van der Waals surface area contributed by atoms with Crippen molar-refractivity contribution in [3.63, 3.8) is 0 Å². The van der Waals surface area contributed by atoms with Gasteiger partial charge in [-0.15, -0.1) is 11.6 Å². The van der Waals surface area contributed by atoms with Crippen molar-refractivity contribution < 1.29 is 4.79 Å². The van der Waals surface area contributed by atoms with E-state index in [0.717, 1.165) is 32.4 Å². The van der Waals surface area contributed by atoms with Gasteiger partial charge < -0.3 is 4.90 Å². The summed E-state index contributed by atoms with van der Waals surface area (Å²) in [6, 6.07) is 0. The second-order valence-electron chi connectivity index (χ2n) is 5.29. The molecule has 1 heterocycles. The number of likely N-dealkylation sites (tertiary alicyclic amines) is 1. The number of carbonyl (C=O) groups is 1. The highest BCUT2D eigenvalue weighted by Crippen LogP contribution is 2.27. The van der Waals surface area contributed by atoms with Gasteiger partial charge in [-0.1, -0.05) is 19.3 Å². The van der Waals surface area contributed by atoms with Crippen molar-refractivity contribution in [2.24, 2.45) is 5.92 Å². The molecule has 16 heavy (non-hydrogen) atoms. The van der Waals surface area contributed by atoms with Crippen LogP contribution in [0.4, 0.5) is 0 Å². The maximum atomic E-state index is 12.1. The summed E-state index contributed by atoms with van der Waals surface area (Å²) in [4.78, 5) is 14.1. The van der Waals surface area contributed by atoms with Crippen molar-refractivity contribution in [2.75, 3.05) is 13.1 Å². The third kappa shape index (κ3) is 3.38. The average molecular weight is 244 g/mol. The van der Waals surface area contributed by atoms with E-state index in [1.165, 1.54) is 32.1 Å². The molecule has 1 atom stereocenters. The van der Waals surface area contributed by atoms with Crippen LogP contribution in [0.1, 0.15) is 51.4 Å². The number of piperidine rings is 1. The lowest BCUT2D eigenvalue weighted by Crippen LogP contribution is -2.41. The lowest BCUT2D eigenvalue weighted by molar-refractivity contribution is -0.133. The van der Waals surface area contributed by atoms with Gasteiger partial charge in [-0.2, -0.15) is 0 Å². The topological polar surface area (TPSA) is 20.3 Å². The minimum atomic E-state index is 0.184. The average Bonchev–Trinajstić information content (AvgIpc) is 2.30. The molecule has 0 radical (unpaired) electrons. The van der Waals surface area contributed by atoms with Crippen LogP contribution in [0.25, 0.3) is 0 Å². The van der Waals surface area contributed by atoms with Crippen molar-refractivity contribution in [1.29, 1.82) is 0 Å². The fourth-order valence-electron chi connectivity index (χ4n) is 2.92. The molecule has 1 saturated carbocycles. The Hall–Kier alpha value is -0.240. The summed E-state index contributed by atoms with van der Waals surface area (Å²) in [6.07, 6.45) is 9.40. The maximum absolute atomic E-state index is 12.1. The van der Waals surface area contributed by atoms with Crippen molar-refractivity contribution in [1.82, 2.24) is 4.90 Å². The molecular formula is C13H22ClNO. The zero-order chi connectivity index (χ0) is 11.4. The highest BCUT2D eigenvalue weighted by molar-refractivity contribution is 6.20. The monoisotopic (exact) mass is 243 g/mol. The molecule has 1 amide bonds. The molecule has 0 bridgehead atoms. The second kappa shape index (κ2) is 5.90. The lowest BCUT2D eigenvalue weighted by Gasteiger charge is -2.31. The van der Waals surface area contributed by atoms with E-state index >= 15 is 0 Å². The van der Waals surface area contributed by atoms with E-state index in [-0.39, 0.29) is 5.38 Å². The molecule has 0 spiro atoms. The number of carbonyl (C=O) groups excluding carboxylic acids is 1. The number of halogens is 1. The van der Waals surface area contributed by atoms with Crippen LogP contribution in [0.3, 0.4) is 0 Å². The van der Waals surface area contributed by atoms with Gasteiger partial charge in [0.1, 0.15) is 0 Å². The number of alkyl halides is 1. The van der Waals surface area contributed by atoms with Crippen LogP contribution in [0.5, 0.6) is 0 Å². The molecule has 92 valence electrons. The molecular weight excluding hydrogens is 222 g/mol. The summed E-state index contributed by atoms with van der Waals surface area (Å²) in [5.74, 6) is 0.995. The lowest BCUT2D eigenvalue weighted by atomic mass is 9.86. The summed E-state index contributed by atoms with van der Waals surface area (Å²) in [7, 11) is 0. The van der Waals surface area contributed by atoms with Crippen LogP contribution in [0.15, 0.2) is 0 Å². The number of rotatable bonds is 2. The highest BCUT2D eigenvalue weighted by Gasteiger charge is 2.24. The van der Waals surface area contributed by atoms with Crippen molar-refractivity contribution in [3.05, 3.63) is 0 Å². The molecule has 0 aromatic carbocycles. The Morgan fingerprint density at radius 3 is 2.56 bits per heavy atom. The normalized spacial score (nSPS) is 28.1. The molecule has 1 saturated heterocycles. The van der Waals surface area contributed by atoms with E-state index in [1.54, 1.807) is 0 Å². The van der Waals surface area contributed by atoms with Crippen LogP contribution in [-0.2, 0) is 4.79 Å². The molecule has 0 aromatic heterocycles. The van der Waals surface area contributed by atoms with E-state index < -0.39 is 0 Å². The quantitative estimate of drug-likeness (QED) is 0.683. The van der Waals surface area contributed by atoms with E-state index in [9.17, 15) is 4.79 Å². The predicted molar refractivity (Wildman–Crippen MR) is 66.6 cm³/mol. The van der Waals surface area contributed by atoms with Gasteiger partial charge in [0, 0.05) is 19.5 Å². The summed E-state index contributed by atoms with van der Waals surface area (Å²) in [5, 5.41) is 0.184. The molecule has 1 unspecified atom stereocenters. The molecule has 2 nitrogen and oxygen atoms in total. The van der Waals surface area contributed by atoms with Crippen LogP contribution in [0, 0.1) is 5.92 Å². The third-order valence-corrected chi connectivity index (χ3v) is 4.26. The molecule has 0 N–H and O–H groups in total. The second-order valence-corrected chi connectivity index (χ2v) is 5.90. The Morgan fingerprint density at radius 2 is 1.88 bits per heavy atom. The first-order chi connectivity index (χ1) is 7.75. The first-order valence-corrected chi connectivity index (χ1v) is 7.11. The minimum absolute atomic E-state index is 0.184. The fourth-order valence-corrected chi connectivity index (χ4v) is 3.24. The van der Waals surface area contributed by atoms with Crippen molar-refractivity contribution in [2.45, 2.75) is 56.7 Å². The largest absolute Gasteiger partial charge is 0.341 e. The summed E-state index contributed by atoms with van der Waals surface area (Å²) < 4.78 is 0. The van der Waals surface area contributed by atoms with E-state index in [0.29, 0.717) is 11.8 Å². The Morgan fingerprint density at radius 1 is 1.12 bits per heavy atom. The van der Waals surface area contributed by atoms with Gasteiger partial charge in [0.15, 0.2) is 0 Å². The van der Waals surface area contributed by atoms with Gasteiger partial charge in [-0.05, 0) is 31.6 Å². The third-order valence-electron chi connectivity index (χ3n) is 3.90. The van der Waals surface area contributed by atoms with Gasteiger partial charge >= 0.3 is 0 Å². The van der Waals surface area contributed by atoms with Crippen molar-refractivity contribution in [3.8, 4) is 0 Å². The van der Waals surface area contributed by atoms with E-state index in [4.69, 9.17) is 11.6 Å². The zero-order valence-electron chi connectivity index (χ0n) is 9.96. The maximum Gasteiger partial charge on any atom is 0.222 e. The van der Waals surface area contributed by atoms with Crippen LogP contribution < -0.4 is 0 Å². The van der Waals surface area contributed by atoms with Gasteiger partial charge in [0.25, 0.3) is 0 Å². The molecule has 3 heteroatoms. The molecule has 1 aliphatic carbocycles. The summed E-state index contributed by atoms with van der Waals surface area (Å²) >= 11 is 6.10. The fraction of sp³-hybridized carbons (Fsp3) is 0.923. The van der Waals surface area contributed by atoms with Gasteiger partial charge in [-0.25, -0.2) is 0 Å². The Bertz CT molecular complexity index is 238. The first kappa shape index (κ1) is 12.2. The molecule has 0 aromatic rings. The van der Waals surface area contributed by atoms with Crippen LogP contribution >= 0.6 is 11.6 Å². The summed E-state index contributed by atoms with van der Waals surface area (Å²) in [6.45, 7) is 1.70. The molecule has 2 fully saturated rings. The predicted octanol–water partition coefficient (Wildman–Crippen LogP) is 3.19. The number of hydrogen-bond donors (Lipinski definition) is 0. The Labute approximate surface area is 103 Å². The number of amides is 1. The molecule has 2 rings (SSSR count). The van der Waals surface area contributed by atoms with Gasteiger partial charge in [-0.3, -0.25) is 4.79 Å². The first-order valence-electron chi connectivity index (χ1n) is 6.67. The van der Waals surface area contributed by atoms with E-state index in [2.05, 4.69) is 0 Å².